The van der Waals surface area contributed by atoms with Crippen LogP contribution in [-0.4, -0.2) is 20.6 Å². The number of benzene rings is 2. The van der Waals surface area contributed by atoms with Crippen molar-refractivity contribution in [2.45, 2.75) is 11.5 Å². The van der Waals surface area contributed by atoms with Gasteiger partial charge in [0.15, 0.2) is 0 Å². The van der Waals surface area contributed by atoms with Crippen LogP contribution in [0, 0.1) is 0 Å². The first kappa shape index (κ1) is 14.9. The molecule has 1 heterocycles. The Kier molecular flexibility index (Phi) is 3.79. The molecule has 4 N–H and O–H groups in total. The van der Waals surface area contributed by atoms with Crippen LogP contribution in [0.2, 0.25) is 0 Å². The molecule has 7 nitrogen and oxygen atoms in total. The van der Waals surface area contributed by atoms with Gasteiger partial charge >= 0.3 is 7.12 Å². The highest BCUT2D eigenvalue weighted by atomic mass is 32.2. The Hall–Kier alpha value is -2.07. The average molecular weight is 320 g/mol. The van der Waals surface area contributed by atoms with Crippen molar-refractivity contribution in [1.29, 1.82) is 0 Å². The van der Waals surface area contributed by atoms with E-state index < -0.39 is 17.1 Å². The standard InChI is InChI=1S/C13H13BN2O5S/c15-21-11-3-5-12(6-4-11)22(18,19)16-10-2-1-9-8-20-14(17)13(9)7-10/h1-7,16-17H,8,15H2. The van der Waals surface area contributed by atoms with Crippen molar-refractivity contribution in [3.63, 3.8) is 0 Å². The molecule has 0 saturated carbocycles. The summed E-state index contributed by atoms with van der Waals surface area (Å²) in [5, 5.41) is 9.65. The fourth-order valence-corrected chi connectivity index (χ4v) is 3.24. The fourth-order valence-electron chi connectivity index (χ4n) is 2.19. The van der Waals surface area contributed by atoms with E-state index in [2.05, 4.69) is 9.56 Å². The lowest BCUT2D eigenvalue weighted by molar-refractivity contribution is 0.275. The maximum absolute atomic E-state index is 12.3. The molecule has 0 saturated heterocycles. The van der Waals surface area contributed by atoms with Crippen LogP contribution < -0.4 is 20.9 Å². The summed E-state index contributed by atoms with van der Waals surface area (Å²) in [6.45, 7) is 0.310. The van der Waals surface area contributed by atoms with Crippen LogP contribution in [0.3, 0.4) is 0 Å². The maximum atomic E-state index is 12.3. The lowest BCUT2D eigenvalue weighted by Gasteiger charge is -2.10. The van der Waals surface area contributed by atoms with Crippen LogP contribution in [0.5, 0.6) is 5.75 Å². The molecule has 0 bridgehead atoms. The number of nitrogens with two attached hydrogens (primary N) is 1. The maximum Gasteiger partial charge on any atom is 0.491 e. The first-order chi connectivity index (χ1) is 10.5. The molecule has 0 aromatic heterocycles. The molecular formula is C13H13BN2O5S. The van der Waals surface area contributed by atoms with Gasteiger partial charge in [-0.2, -0.15) is 5.90 Å². The molecule has 0 spiro atoms. The van der Waals surface area contributed by atoms with E-state index in [1.807, 2.05) is 0 Å². The number of nitrogens with one attached hydrogen (secondary N) is 1. The third kappa shape index (κ3) is 2.79. The molecule has 22 heavy (non-hydrogen) atoms. The first-order valence-corrected chi connectivity index (χ1v) is 7.90. The molecule has 0 aliphatic carbocycles. The van der Waals surface area contributed by atoms with E-state index in [9.17, 15) is 13.4 Å². The molecule has 0 radical (unpaired) electrons. The Labute approximate surface area is 127 Å². The number of hydrogen-bond donors (Lipinski definition) is 3. The monoisotopic (exact) mass is 320 g/mol. The molecule has 1 aliphatic heterocycles. The Balaban J connectivity index is 1.86. The summed E-state index contributed by atoms with van der Waals surface area (Å²) in [6, 6.07) is 10.6. The summed E-state index contributed by atoms with van der Waals surface area (Å²) in [6.07, 6.45) is 0. The molecule has 9 heteroatoms. The molecule has 0 atom stereocenters. The summed E-state index contributed by atoms with van der Waals surface area (Å²) in [4.78, 5) is 4.58. The van der Waals surface area contributed by atoms with Crippen LogP contribution >= 0.6 is 0 Å². The summed E-state index contributed by atoms with van der Waals surface area (Å²) in [5.41, 5.74) is 1.74. The lowest BCUT2D eigenvalue weighted by atomic mass is 9.79. The third-order valence-electron chi connectivity index (χ3n) is 3.33. The highest BCUT2D eigenvalue weighted by Gasteiger charge is 2.27. The minimum atomic E-state index is -3.74. The van der Waals surface area contributed by atoms with Crippen LogP contribution in [0.15, 0.2) is 47.4 Å². The highest BCUT2D eigenvalue weighted by molar-refractivity contribution is 7.92. The molecule has 3 rings (SSSR count). The smallest absolute Gasteiger partial charge is 0.423 e. The Morgan fingerprint density at radius 2 is 1.95 bits per heavy atom. The van der Waals surface area contributed by atoms with Crippen molar-refractivity contribution in [2.75, 3.05) is 4.72 Å². The van der Waals surface area contributed by atoms with Gasteiger partial charge in [-0.1, -0.05) is 6.07 Å². The zero-order valence-electron chi connectivity index (χ0n) is 11.4. The SMILES string of the molecule is NOc1ccc(S(=O)(=O)Nc2ccc3c(c2)B(O)OC3)cc1. The minimum absolute atomic E-state index is 0.0746. The number of anilines is 1. The van der Waals surface area contributed by atoms with Crippen molar-refractivity contribution in [3.05, 3.63) is 48.0 Å². The third-order valence-corrected chi connectivity index (χ3v) is 4.73. The largest absolute Gasteiger partial charge is 0.491 e. The Morgan fingerprint density at radius 3 is 2.64 bits per heavy atom. The van der Waals surface area contributed by atoms with Gasteiger partial charge in [0.05, 0.1) is 11.5 Å². The van der Waals surface area contributed by atoms with Gasteiger partial charge in [-0.15, -0.1) is 0 Å². The average Bonchev–Trinajstić information content (AvgIpc) is 2.88. The molecule has 1 aliphatic rings. The van der Waals surface area contributed by atoms with E-state index in [4.69, 9.17) is 10.6 Å². The summed E-state index contributed by atoms with van der Waals surface area (Å²) >= 11 is 0. The van der Waals surface area contributed by atoms with Crippen LogP contribution in [-0.2, 0) is 21.3 Å². The second-order valence-electron chi connectivity index (χ2n) is 4.77. The number of hydrogen-bond acceptors (Lipinski definition) is 6. The molecule has 0 fully saturated rings. The first-order valence-electron chi connectivity index (χ1n) is 6.42. The molecule has 0 unspecified atom stereocenters. The highest BCUT2D eigenvalue weighted by Crippen LogP contribution is 2.20. The van der Waals surface area contributed by atoms with Crippen molar-refractivity contribution in [1.82, 2.24) is 0 Å². The van der Waals surface area contributed by atoms with Gasteiger partial charge in [0.1, 0.15) is 5.75 Å². The summed E-state index contributed by atoms with van der Waals surface area (Å²) in [7, 11) is -4.77. The minimum Gasteiger partial charge on any atom is -0.423 e. The predicted octanol–water partition coefficient (Wildman–Crippen LogP) is -0.0424. The van der Waals surface area contributed by atoms with Gasteiger partial charge in [0.25, 0.3) is 10.0 Å². The molecular weight excluding hydrogens is 307 g/mol. The van der Waals surface area contributed by atoms with Gasteiger partial charge < -0.3 is 14.5 Å². The molecule has 2 aromatic carbocycles. The summed E-state index contributed by atoms with van der Waals surface area (Å²) < 4.78 is 32.1. The molecule has 2 aromatic rings. The summed E-state index contributed by atoms with van der Waals surface area (Å²) in [5.74, 6) is 5.36. The van der Waals surface area contributed by atoms with Gasteiger partial charge in [0.2, 0.25) is 0 Å². The van der Waals surface area contributed by atoms with E-state index in [1.165, 1.54) is 24.3 Å². The van der Waals surface area contributed by atoms with Crippen molar-refractivity contribution in [3.8, 4) is 5.75 Å². The predicted molar refractivity (Wildman–Crippen MR) is 80.9 cm³/mol. The number of sulfonamides is 1. The van der Waals surface area contributed by atoms with E-state index in [1.54, 1.807) is 18.2 Å². The quantitative estimate of drug-likeness (QED) is 0.538. The molecule has 114 valence electrons. The van der Waals surface area contributed by atoms with E-state index in [0.717, 1.165) is 5.56 Å². The zero-order valence-corrected chi connectivity index (χ0v) is 12.2. The zero-order chi connectivity index (χ0) is 15.7. The van der Waals surface area contributed by atoms with Crippen LogP contribution in [0.1, 0.15) is 5.56 Å². The van der Waals surface area contributed by atoms with E-state index in [0.29, 0.717) is 23.5 Å². The topological polar surface area (TPSA) is 111 Å². The van der Waals surface area contributed by atoms with Gasteiger partial charge in [-0.3, -0.25) is 4.72 Å². The van der Waals surface area contributed by atoms with E-state index >= 15 is 0 Å². The fraction of sp³-hybridized carbons (Fsp3) is 0.0769. The van der Waals surface area contributed by atoms with Gasteiger partial charge in [-0.25, -0.2) is 8.42 Å². The van der Waals surface area contributed by atoms with Crippen molar-refractivity contribution in [2.24, 2.45) is 5.90 Å². The van der Waals surface area contributed by atoms with Gasteiger partial charge in [-0.05, 0) is 47.4 Å². The normalized spacial score (nSPS) is 13.8. The number of rotatable bonds is 4. The second kappa shape index (κ2) is 5.62. The second-order valence-corrected chi connectivity index (χ2v) is 6.45. The number of fused-ring (bicyclic) bond motifs is 1. The van der Waals surface area contributed by atoms with Gasteiger partial charge in [0, 0.05) is 5.69 Å². The Morgan fingerprint density at radius 1 is 1.23 bits per heavy atom. The van der Waals surface area contributed by atoms with E-state index in [-0.39, 0.29) is 4.90 Å². The molecule has 0 amide bonds. The van der Waals surface area contributed by atoms with Crippen molar-refractivity contribution < 1.29 is 22.9 Å². The lowest BCUT2D eigenvalue weighted by Crippen LogP contribution is -2.28. The Bertz CT molecular complexity index is 795. The van der Waals surface area contributed by atoms with Crippen LogP contribution in [0.25, 0.3) is 0 Å². The van der Waals surface area contributed by atoms with Crippen molar-refractivity contribution >= 4 is 28.3 Å². The van der Waals surface area contributed by atoms with Crippen LogP contribution in [0.4, 0.5) is 5.69 Å².